The van der Waals surface area contributed by atoms with Crippen LogP contribution in [0.4, 0.5) is 0 Å². The van der Waals surface area contributed by atoms with Crippen molar-refractivity contribution in [3.05, 3.63) is 94.7 Å². The van der Waals surface area contributed by atoms with Crippen LogP contribution in [-0.2, 0) is 9.84 Å². The van der Waals surface area contributed by atoms with E-state index in [4.69, 9.17) is 13.9 Å². The number of rotatable bonds is 7. The second kappa shape index (κ2) is 9.43. The van der Waals surface area contributed by atoms with Crippen LogP contribution in [0.2, 0.25) is 0 Å². The number of hydrogen-bond acceptors (Lipinski definition) is 6. The Labute approximate surface area is 203 Å². The van der Waals surface area contributed by atoms with Crippen molar-refractivity contribution in [3.63, 3.8) is 0 Å². The van der Waals surface area contributed by atoms with Crippen LogP contribution >= 0.6 is 0 Å². The van der Waals surface area contributed by atoms with E-state index in [0.29, 0.717) is 34.3 Å². The van der Waals surface area contributed by atoms with Gasteiger partial charge in [0.05, 0.1) is 15.8 Å². The third kappa shape index (κ3) is 4.86. The highest BCUT2D eigenvalue weighted by Gasteiger charge is 2.22. The predicted molar refractivity (Wildman–Crippen MR) is 135 cm³/mol. The van der Waals surface area contributed by atoms with E-state index < -0.39 is 9.84 Å². The summed E-state index contributed by atoms with van der Waals surface area (Å²) in [7, 11) is -3.33. The van der Waals surface area contributed by atoms with Gasteiger partial charge in [-0.3, -0.25) is 4.79 Å². The average molecular weight is 489 g/mol. The minimum absolute atomic E-state index is 0.136. The lowest BCUT2D eigenvalue weighted by Gasteiger charge is -2.09. The van der Waals surface area contributed by atoms with Gasteiger partial charge < -0.3 is 13.9 Å². The molecule has 0 saturated carbocycles. The van der Waals surface area contributed by atoms with Crippen LogP contribution in [0.25, 0.3) is 28.4 Å². The molecule has 4 aromatic rings. The first-order valence-electron chi connectivity index (χ1n) is 11.4. The van der Waals surface area contributed by atoms with E-state index in [9.17, 15) is 13.2 Å². The summed E-state index contributed by atoms with van der Waals surface area (Å²) in [6, 6.07) is 21.1. The van der Waals surface area contributed by atoms with Crippen LogP contribution in [0.15, 0.2) is 93.0 Å². The molecule has 35 heavy (non-hydrogen) atoms. The Morgan fingerprint density at radius 1 is 0.886 bits per heavy atom. The largest absolute Gasteiger partial charge is 0.455 e. The first-order valence-corrected chi connectivity index (χ1v) is 13.2. The van der Waals surface area contributed by atoms with Gasteiger partial charge in [0, 0.05) is 18.2 Å². The monoisotopic (exact) mass is 488 g/mol. The highest BCUT2D eigenvalue weighted by atomic mass is 32.2. The van der Waals surface area contributed by atoms with Gasteiger partial charge in [-0.1, -0.05) is 36.4 Å². The van der Waals surface area contributed by atoms with Crippen LogP contribution in [0.1, 0.15) is 24.8 Å². The molecule has 0 fully saturated rings. The number of para-hydroxylation sites is 3. The molecule has 1 aliphatic heterocycles. The average Bonchev–Trinajstić information content (AvgIpc) is 3.27. The smallest absolute Gasteiger partial charge is 0.241 e. The summed E-state index contributed by atoms with van der Waals surface area (Å²) in [5.41, 5.74) is 1.40. The summed E-state index contributed by atoms with van der Waals surface area (Å²) in [5.74, 6) is 1.92. The Balaban J connectivity index is 1.37. The quantitative estimate of drug-likeness (QED) is 0.304. The Morgan fingerprint density at radius 3 is 2.23 bits per heavy atom. The van der Waals surface area contributed by atoms with Crippen molar-refractivity contribution < 1.29 is 22.3 Å². The van der Waals surface area contributed by atoms with Crippen molar-refractivity contribution in [3.8, 4) is 22.8 Å². The molecule has 5 rings (SSSR count). The molecule has 0 spiro atoms. The van der Waals surface area contributed by atoms with Crippen molar-refractivity contribution >= 4 is 26.9 Å². The maximum atomic E-state index is 13.3. The Morgan fingerprint density at radius 2 is 1.54 bits per heavy atom. The number of hydrogen-bond donors (Lipinski definition) is 0. The van der Waals surface area contributed by atoms with Gasteiger partial charge in [-0.25, -0.2) is 8.42 Å². The third-order valence-electron chi connectivity index (χ3n) is 5.84. The molecule has 1 aromatic heterocycles. The number of fused-ring (bicyclic) bond motifs is 2. The molecule has 2 heterocycles. The number of sulfone groups is 1. The number of unbranched alkanes of at least 4 members (excludes halogenated alkanes) is 1. The molecule has 0 aliphatic carbocycles. The predicted octanol–water partition coefficient (Wildman–Crippen LogP) is 5.84. The fourth-order valence-electron chi connectivity index (χ4n) is 4.05. The lowest BCUT2D eigenvalue weighted by atomic mass is 10.0. The summed E-state index contributed by atoms with van der Waals surface area (Å²) in [6.45, 7) is 0. The van der Waals surface area contributed by atoms with Crippen LogP contribution in [0, 0.1) is 0 Å². The zero-order valence-corrected chi connectivity index (χ0v) is 20.0. The molecule has 178 valence electrons. The fraction of sp³-hybridized carbons (Fsp3) is 0.179. The Hall–Kier alpha value is -3.84. The van der Waals surface area contributed by atoms with E-state index >= 15 is 0 Å². The Bertz CT molecular complexity index is 1540. The van der Waals surface area contributed by atoms with Crippen molar-refractivity contribution in [2.24, 2.45) is 0 Å². The lowest BCUT2D eigenvalue weighted by molar-refractivity contribution is 0.0404. The molecule has 1 aliphatic rings. The van der Waals surface area contributed by atoms with Gasteiger partial charge in [-0.2, -0.15) is 0 Å². The second-order valence-electron chi connectivity index (χ2n) is 8.41. The van der Waals surface area contributed by atoms with Gasteiger partial charge >= 0.3 is 0 Å². The molecule has 0 amide bonds. The molecule has 6 nitrogen and oxygen atoms in total. The summed E-state index contributed by atoms with van der Waals surface area (Å²) >= 11 is 0. The highest BCUT2D eigenvalue weighted by Crippen LogP contribution is 2.35. The van der Waals surface area contributed by atoms with Gasteiger partial charge in [0.25, 0.3) is 0 Å². The zero-order chi connectivity index (χ0) is 24.4. The van der Waals surface area contributed by atoms with Crippen molar-refractivity contribution in [2.45, 2.75) is 30.4 Å². The number of benzene rings is 3. The molecular weight excluding hydrogens is 464 g/mol. The first kappa shape index (κ1) is 22.9. The van der Waals surface area contributed by atoms with Gasteiger partial charge in [0.2, 0.25) is 11.7 Å². The highest BCUT2D eigenvalue weighted by molar-refractivity contribution is 7.90. The summed E-state index contributed by atoms with van der Waals surface area (Å²) in [4.78, 5) is 13.5. The van der Waals surface area contributed by atoms with Crippen molar-refractivity contribution in [1.82, 2.24) is 0 Å². The summed E-state index contributed by atoms with van der Waals surface area (Å²) in [5, 5.41) is 0.495. The topological polar surface area (TPSA) is 82.8 Å². The Kier molecular flexibility index (Phi) is 6.17. The van der Waals surface area contributed by atoms with Gasteiger partial charge in [-0.05, 0) is 61.4 Å². The molecule has 0 atom stereocenters. The fourth-order valence-corrected chi connectivity index (χ4v) is 4.68. The maximum absolute atomic E-state index is 13.3. The van der Waals surface area contributed by atoms with Crippen LogP contribution < -0.4 is 14.9 Å². The van der Waals surface area contributed by atoms with Gasteiger partial charge in [0.1, 0.15) is 11.3 Å². The molecule has 0 N–H and O–H groups in total. The molecule has 0 unspecified atom stereocenters. The third-order valence-corrected chi connectivity index (χ3v) is 6.97. The lowest BCUT2D eigenvalue weighted by Crippen LogP contribution is -2.17. The molecule has 0 bridgehead atoms. The first-order chi connectivity index (χ1) is 16.9. The van der Waals surface area contributed by atoms with Gasteiger partial charge in [0.15, 0.2) is 21.3 Å². The van der Waals surface area contributed by atoms with Gasteiger partial charge in [-0.15, -0.1) is 0 Å². The maximum Gasteiger partial charge on any atom is 0.241 e. The standard InChI is InChI=1S/C28H24O6S/c1-35(30,31)20-17-15-19(16-18-20)28-22(27(29)21-9-5-6-11-23(21)34-28)10-3-2-4-14-26-32-24-12-7-8-13-25(24)33-26/h3,5-13,15-18,26H,2,4,14H2,1H3. The zero-order valence-electron chi connectivity index (χ0n) is 19.1. The molecule has 0 saturated heterocycles. The summed E-state index contributed by atoms with van der Waals surface area (Å²) in [6.07, 6.45) is 6.82. The van der Waals surface area contributed by atoms with Crippen LogP contribution in [-0.4, -0.2) is 21.0 Å². The van der Waals surface area contributed by atoms with E-state index in [0.717, 1.165) is 30.6 Å². The van der Waals surface area contributed by atoms with E-state index in [2.05, 4.69) is 0 Å². The van der Waals surface area contributed by atoms with Crippen LogP contribution in [0.5, 0.6) is 11.5 Å². The summed E-state index contributed by atoms with van der Waals surface area (Å²) < 4.78 is 41.4. The second-order valence-corrected chi connectivity index (χ2v) is 10.4. The molecule has 0 radical (unpaired) electrons. The van der Waals surface area contributed by atoms with Crippen LogP contribution in [0.3, 0.4) is 0 Å². The number of allylic oxidation sites excluding steroid dienone is 1. The molecule has 7 heteroatoms. The van der Waals surface area contributed by atoms with Crippen molar-refractivity contribution in [2.75, 3.05) is 6.26 Å². The van der Waals surface area contributed by atoms with Crippen molar-refractivity contribution in [1.29, 1.82) is 0 Å². The SMILES string of the molecule is CS(=O)(=O)c1ccc(-c2oc3ccccc3c(=O)c2C=CCCCC2Oc3ccccc3O2)cc1. The van der Waals surface area contributed by atoms with E-state index in [-0.39, 0.29) is 16.6 Å². The normalized spacial score (nSPS) is 13.6. The molecular formula is C28H24O6S. The minimum Gasteiger partial charge on any atom is -0.455 e. The number of ether oxygens (including phenoxy) is 2. The molecule has 3 aromatic carbocycles. The minimum atomic E-state index is -3.33. The van der Waals surface area contributed by atoms with E-state index in [1.54, 1.807) is 36.4 Å². The van der Waals surface area contributed by atoms with E-state index in [1.807, 2.05) is 36.4 Å². The van der Waals surface area contributed by atoms with E-state index in [1.165, 1.54) is 12.1 Å².